The van der Waals surface area contributed by atoms with E-state index in [0.29, 0.717) is 19.6 Å². The maximum absolute atomic E-state index is 11.4. The van der Waals surface area contributed by atoms with Gasteiger partial charge in [0.05, 0.1) is 13.7 Å². The van der Waals surface area contributed by atoms with Gasteiger partial charge in [0, 0.05) is 13.1 Å². The zero-order chi connectivity index (χ0) is 13.2. The number of ether oxygens (including phenoxy) is 1. The molecule has 0 fully saturated rings. The van der Waals surface area contributed by atoms with E-state index in [1.165, 1.54) is 5.56 Å². The lowest BCUT2D eigenvalue weighted by atomic mass is 10.1. The lowest BCUT2D eigenvalue weighted by Crippen LogP contribution is -2.34. The normalized spacial score (nSPS) is 9.83. The van der Waals surface area contributed by atoms with Crippen molar-refractivity contribution >= 4 is 5.91 Å². The van der Waals surface area contributed by atoms with Gasteiger partial charge in [0.1, 0.15) is 5.75 Å². The quantitative estimate of drug-likeness (QED) is 0.535. The van der Waals surface area contributed by atoms with E-state index < -0.39 is 0 Å². The smallest absolute Gasteiger partial charge is 0.233 e. The third kappa shape index (κ3) is 5.50. The van der Waals surface area contributed by atoms with Gasteiger partial charge in [-0.05, 0) is 24.1 Å². The molecule has 1 amide bonds. The molecule has 0 heterocycles. The van der Waals surface area contributed by atoms with Gasteiger partial charge in [-0.3, -0.25) is 4.79 Å². The van der Waals surface area contributed by atoms with Crippen molar-refractivity contribution in [1.82, 2.24) is 10.6 Å². The number of benzene rings is 1. The maximum Gasteiger partial charge on any atom is 0.233 e. The highest BCUT2D eigenvalue weighted by Gasteiger charge is 1.99. The third-order valence-electron chi connectivity index (χ3n) is 2.47. The van der Waals surface area contributed by atoms with E-state index in [1.807, 2.05) is 24.3 Å². The number of amides is 1. The molecule has 0 aliphatic heterocycles. The Morgan fingerprint density at radius 2 is 2.11 bits per heavy atom. The van der Waals surface area contributed by atoms with Gasteiger partial charge in [0.2, 0.25) is 5.91 Å². The fourth-order valence-corrected chi connectivity index (χ4v) is 1.49. The Labute approximate surface area is 108 Å². The molecule has 4 heteroatoms. The van der Waals surface area contributed by atoms with Crippen LogP contribution >= 0.6 is 0 Å². The molecule has 1 aromatic rings. The first kappa shape index (κ1) is 14.3. The van der Waals surface area contributed by atoms with Gasteiger partial charge in [-0.2, -0.15) is 0 Å². The second kappa shape index (κ2) is 8.31. The number of hydrogen-bond donors (Lipinski definition) is 2. The summed E-state index contributed by atoms with van der Waals surface area (Å²) in [7, 11) is 1.64. The molecule has 0 radical (unpaired) electrons. The lowest BCUT2D eigenvalue weighted by Gasteiger charge is -2.06. The van der Waals surface area contributed by atoms with Crippen LogP contribution in [0.5, 0.6) is 5.75 Å². The number of hydrogen-bond acceptors (Lipinski definition) is 3. The molecule has 4 nitrogen and oxygen atoms in total. The summed E-state index contributed by atoms with van der Waals surface area (Å²) in [6, 6.07) is 7.84. The summed E-state index contributed by atoms with van der Waals surface area (Å²) in [5.74, 6) is 0.849. The minimum Gasteiger partial charge on any atom is -0.497 e. The summed E-state index contributed by atoms with van der Waals surface area (Å²) in [5.41, 5.74) is 1.18. The highest BCUT2D eigenvalue weighted by molar-refractivity contribution is 5.77. The molecule has 0 bridgehead atoms. The fraction of sp³-hybridized carbons (Fsp3) is 0.357. The number of nitrogens with one attached hydrogen (secondary N) is 2. The van der Waals surface area contributed by atoms with Crippen molar-refractivity contribution in [3.63, 3.8) is 0 Å². The molecule has 0 atom stereocenters. The average molecular weight is 248 g/mol. The Morgan fingerprint density at radius 1 is 1.39 bits per heavy atom. The monoisotopic (exact) mass is 248 g/mol. The second-order valence-electron chi connectivity index (χ2n) is 3.87. The highest BCUT2D eigenvalue weighted by atomic mass is 16.5. The molecule has 0 saturated carbocycles. The minimum absolute atomic E-state index is 0.00496. The molecule has 0 spiro atoms. The maximum atomic E-state index is 11.4. The highest BCUT2D eigenvalue weighted by Crippen LogP contribution is 2.11. The zero-order valence-electron chi connectivity index (χ0n) is 10.7. The summed E-state index contributed by atoms with van der Waals surface area (Å²) in [5, 5.41) is 5.80. The summed E-state index contributed by atoms with van der Waals surface area (Å²) in [4.78, 5) is 11.4. The lowest BCUT2D eigenvalue weighted by molar-refractivity contribution is -0.120. The standard InChI is InChI=1S/C14H20N2O2/c1-3-9-15-11-14(17)16-10-8-12-4-6-13(18-2)7-5-12/h3-7,15H,1,8-11H2,2H3,(H,16,17). The van der Waals surface area contributed by atoms with Crippen molar-refractivity contribution in [1.29, 1.82) is 0 Å². The van der Waals surface area contributed by atoms with Gasteiger partial charge in [-0.15, -0.1) is 6.58 Å². The largest absolute Gasteiger partial charge is 0.497 e. The van der Waals surface area contributed by atoms with Crippen molar-refractivity contribution in [3.8, 4) is 5.75 Å². The van der Waals surface area contributed by atoms with Crippen LogP contribution < -0.4 is 15.4 Å². The summed E-state index contributed by atoms with van der Waals surface area (Å²) < 4.78 is 5.08. The molecule has 98 valence electrons. The first-order valence-electron chi connectivity index (χ1n) is 5.97. The average Bonchev–Trinajstić information content (AvgIpc) is 2.40. The molecule has 0 aromatic heterocycles. The number of rotatable bonds is 8. The Bertz CT molecular complexity index is 374. The van der Waals surface area contributed by atoms with Gasteiger partial charge in [-0.25, -0.2) is 0 Å². The van der Waals surface area contributed by atoms with Crippen LogP contribution in [-0.4, -0.2) is 32.7 Å². The molecule has 0 aliphatic carbocycles. The molecule has 2 N–H and O–H groups in total. The fourth-order valence-electron chi connectivity index (χ4n) is 1.49. The van der Waals surface area contributed by atoms with Crippen molar-refractivity contribution in [3.05, 3.63) is 42.5 Å². The van der Waals surface area contributed by atoms with E-state index in [-0.39, 0.29) is 5.91 Å². The van der Waals surface area contributed by atoms with Crippen molar-refractivity contribution < 1.29 is 9.53 Å². The van der Waals surface area contributed by atoms with Crippen molar-refractivity contribution in [2.24, 2.45) is 0 Å². The summed E-state index contributed by atoms with van der Waals surface area (Å²) >= 11 is 0. The number of carbonyl (C=O) groups excluding carboxylic acids is 1. The Morgan fingerprint density at radius 3 is 2.72 bits per heavy atom. The number of carbonyl (C=O) groups is 1. The molecular formula is C14H20N2O2. The topological polar surface area (TPSA) is 50.4 Å². The molecule has 18 heavy (non-hydrogen) atoms. The Balaban J connectivity index is 2.20. The van der Waals surface area contributed by atoms with Crippen LogP contribution in [0.2, 0.25) is 0 Å². The van der Waals surface area contributed by atoms with E-state index in [9.17, 15) is 4.79 Å². The van der Waals surface area contributed by atoms with Crippen LogP contribution in [-0.2, 0) is 11.2 Å². The van der Waals surface area contributed by atoms with Crippen LogP contribution in [0.1, 0.15) is 5.56 Å². The molecule has 1 rings (SSSR count). The van der Waals surface area contributed by atoms with Crippen molar-refractivity contribution in [2.45, 2.75) is 6.42 Å². The SMILES string of the molecule is C=CCNCC(=O)NCCc1ccc(OC)cc1. The first-order valence-corrected chi connectivity index (χ1v) is 5.97. The van der Waals surface area contributed by atoms with Gasteiger partial charge in [0.15, 0.2) is 0 Å². The third-order valence-corrected chi connectivity index (χ3v) is 2.47. The van der Waals surface area contributed by atoms with Gasteiger partial charge < -0.3 is 15.4 Å². The second-order valence-corrected chi connectivity index (χ2v) is 3.87. The van der Waals surface area contributed by atoms with E-state index in [1.54, 1.807) is 13.2 Å². The van der Waals surface area contributed by atoms with Crippen LogP contribution in [0.15, 0.2) is 36.9 Å². The Kier molecular flexibility index (Phi) is 6.58. The van der Waals surface area contributed by atoms with E-state index >= 15 is 0 Å². The van der Waals surface area contributed by atoms with E-state index in [4.69, 9.17) is 4.74 Å². The molecule has 1 aromatic carbocycles. The summed E-state index contributed by atoms with van der Waals surface area (Å²) in [6.07, 6.45) is 2.54. The molecule has 0 aliphatic rings. The predicted molar refractivity (Wildman–Crippen MR) is 72.8 cm³/mol. The number of methoxy groups -OCH3 is 1. The van der Waals surface area contributed by atoms with E-state index in [2.05, 4.69) is 17.2 Å². The molecule has 0 unspecified atom stereocenters. The molecular weight excluding hydrogens is 228 g/mol. The van der Waals surface area contributed by atoms with Crippen molar-refractivity contribution in [2.75, 3.05) is 26.7 Å². The summed E-state index contributed by atoms with van der Waals surface area (Å²) in [6.45, 7) is 5.18. The van der Waals surface area contributed by atoms with Gasteiger partial charge in [0.25, 0.3) is 0 Å². The van der Waals surface area contributed by atoms with Gasteiger partial charge >= 0.3 is 0 Å². The minimum atomic E-state index is 0.00496. The first-order chi connectivity index (χ1) is 8.76. The molecule has 0 saturated heterocycles. The van der Waals surface area contributed by atoms with Crippen LogP contribution in [0.3, 0.4) is 0 Å². The van der Waals surface area contributed by atoms with E-state index in [0.717, 1.165) is 12.2 Å². The zero-order valence-corrected chi connectivity index (χ0v) is 10.7. The van der Waals surface area contributed by atoms with Crippen LogP contribution in [0.4, 0.5) is 0 Å². The van der Waals surface area contributed by atoms with Gasteiger partial charge in [-0.1, -0.05) is 18.2 Å². The van der Waals surface area contributed by atoms with Crippen LogP contribution in [0, 0.1) is 0 Å². The van der Waals surface area contributed by atoms with Crippen LogP contribution in [0.25, 0.3) is 0 Å². The predicted octanol–water partition coefficient (Wildman–Crippen LogP) is 1.13. The Hall–Kier alpha value is -1.81.